The predicted octanol–water partition coefficient (Wildman–Crippen LogP) is 6.45. The van der Waals surface area contributed by atoms with Gasteiger partial charge in [0.05, 0.1) is 12.9 Å². The molecule has 0 spiro atoms. The Kier molecular flexibility index (Phi) is 6.21. The van der Waals surface area contributed by atoms with Crippen LogP contribution in [-0.4, -0.2) is 27.7 Å². The average molecular weight is 499 g/mol. The lowest BCUT2D eigenvalue weighted by atomic mass is 9.47. The highest BCUT2D eigenvalue weighted by Gasteiger charge is 2.60. The fraction of sp³-hybridized carbons (Fsp3) is 0.531. The van der Waals surface area contributed by atoms with Crippen LogP contribution in [0.1, 0.15) is 70.8 Å². The fourth-order valence-corrected chi connectivity index (χ4v) is 8.08. The van der Waals surface area contributed by atoms with E-state index in [4.69, 9.17) is 4.74 Å². The average Bonchev–Trinajstić information content (AvgIpc) is 3.50. The molecule has 4 aliphatic rings. The summed E-state index contributed by atoms with van der Waals surface area (Å²) in [6.45, 7) is 6.18. The second kappa shape index (κ2) is 9.41. The van der Waals surface area contributed by atoms with Crippen molar-refractivity contribution in [3.05, 3.63) is 65.8 Å². The van der Waals surface area contributed by atoms with Gasteiger partial charge in [0.15, 0.2) is 11.6 Å². The van der Waals surface area contributed by atoms with E-state index in [-0.39, 0.29) is 10.8 Å². The van der Waals surface area contributed by atoms with Crippen LogP contribution < -0.4 is 4.74 Å². The van der Waals surface area contributed by atoms with E-state index in [1.807, 2.05) is 30.7 Å². The zero-order valence-corrected chi connectivity index (χ0v) is 22.1. The summed E-state index contributed by atoms with van der Waals surface area (Å²) in [5, 5.41) is 0. The van der Waals surface area contributed by atoms with Crippen LogP contribution in [0.4, 0.5) is 0 Å². The van der Waals surface area contributed by atoms with E-state index in [0.29, 0.717) is 42.3 Å². The minimum Gasteiger partial charge on any atom is -0.494 e. The van der Waals surface area contributed by atoms with E-state index in [9.17, 15) is 9.59 Å². The van der Waals surface area contributed by atoms with E-state index < -0.39 is 0 Å². The van der Waals surface area contributed by atoms with Crippen molar-refractivity contribution in [1.82, 2.24) is 9.55 Å². The van der Waals surface area contributed by atoms with Crippen molar-refractivity contribution in [1.29, 1.82) is 0 Å². The van der Waals surface area contributed by atoms with Crippen molar-refractivity contribution in [3.63, 3.8) is 0 Å². The molecule has 1 aromatic heterocycles. The Morgan fingerprint density at radius 1 is 1.05 bits per heavy atom. The number of nitrogens with zero attached hydrogens (tertiary/aromatic N) is 2. The lowest BCUT2D eigenvalue weighted by Gasteiger charge is -2.56. The summed E-state index contributed by atoms with van der Waals surface area (Å²) in [6, 6.07) is 8.15. The first-order valence-corrected chi connectivity index (χ1v) is 14.0. The van der Waals surface area contributed by atoms with E-state index in [0.717, 1.165) is 68.4 Å². The third kappa shape index (κ3) is 4.30. The Balaban J connectivity index is 1.13. The molecule has 37 heavy (non-hydrogen) atoms. The SMILES string of the molecule is C[C@]12CCC(=O)C=C1CC[C@@H]1[C@@H]2CC[C@]2(C)C(=O)/C(=C/c3ccc(OCCCn4ccnc4)cc3)C[C@@H]12. The first kappa shape index (κ1) is 24.4. The van der Waals surface area contributed by atoms with Gasteiger partial charge in [0.2, 0.25) is 0 Å². The third-order valence-electron chi connectivity index (χ3n) is 10.2. The molecular weight excluding hydrogens is 460 g/mol. The van der Waals surface area contributed by atoms with E-state index in [1.165, 1.54) is 5.57 Å². The molecule has 3 saturated carbocycles. The number of fused-ring (bicyclic) bond motifs is 5. The number of hydrogen-bond acceptors (Lipinski definition) is 4. The lowest BCUT2D eigenvalue weighted by Crippen LogP contribution is -2.50. The Morgan fingerprint density at radius 2 is 1.89 bits per heavy atom. The Labute approximate surface area is 220 Å². The van der Waals surface area contributed by atoms with Gasteiger partial charge in [-0.25, -0.2) is 4.98 Å². The molecule has 5 heteroatoms. The summed E-state index contributed by atoms with van der Waals surface area (Å²) in [6.07, 6.45) is 17.3. The molecule has 0 bridgehead atoms. The first-order chi connectivity index (χ1) is 17.9. The summed E-state index contributed by atoms with van der Waals surface area (Å²) < 4.78 is 7.97. The minimum atomic E-state index is -0.243. The maximum absolute atomic E-state index is 13.7. The van der Waals surface area contributed by atoms with Crippen molar-refractivity contribution in [3.8, 4) is 5.75 Å². The molecule has 1 aromatic carbocycles. The van der Waals surface area contributed by atoms with Gasteiger partial charge in [-0.3, -0.25) is 9.59 Å². The molecule has 0 N–H and O–H groups in total. The molecule has 6 rings (SSSR count). The van der Waals surface area contributed by atoms with E-state index in [1.54, 1.807) is 6.20 Å². The summed E-state index contributed by atoms with van der Waals surface area (Å²) in [4.78, 5) is 29.9. The van der Waals surface area contributed by atoms with Gasteiger partial charge in [0.1, 0.15) is 5.75 Å². The molecule has 0 unspecified atom stereocenters. The highest BCUT2D eigenvalue weighted by atomic mass is 16.5. The van der Waals surface area contributed by atoms with Gasteiger partial charge in [-0.1, -0.05) is 31.6 Å². The zero-order valence-electron chi connectivity index (χ0n) is 22.1. The lowest BCUT2D eigenvalue weighted by molar-refractivity contribution is -0.130. The quantitative estimate of drug-likeness (QED) is 0.339. The first-order valence-electron chi connectivity index (χ1n) is 14.0. The van der Waals surface area contributed by atoms with Crippen molar-refractivity contribution >= 4 is 17.6 Å². The molecule has 1 heterocycles. The number of hydrogen-bond donors (Lipinski definition) is 0. The minimum absolute atomic E-state index is 0.141. The molecule has 5 atom stereocenters. The number of Topliss-reactive ketones (excluding diaryl/α,β-unsaturated/α-hetero) is 1. The van der Waals surface area contributed by atoms with Crippen LogP contribution in [0.3, 0.4) is 0 Å². The van der Waals surface area contributed by atoms with Gasteiger partial charge in [0.25, 0.3) is 0 Å². The molecule has 194 valence electrons. The zero-order chi connectivity index (χ0) is 25.6. The van der Waals surface area contributed by atoms with Gasteiger partial charge in [-0.05, 0) is 104 Å². The van der Waals surface area contributed by atoms with Crippen molar-refractivity contribution in [2.75, 3.05) is 6.61 Å². The van der Waals surface area contributed by atoms with Crippen LogP contribution in [0.25, 0.3) is 6.08 Å². The molecule has 0 amide bonds. The van der Waals surface area contributed by atoms with E-state index in [2.05, 4.69) is 41.6 Å². The molecule has 2 aromatic rings. The molecule has 4 aliphatic carbocycles. The van der Waals surface area contributed by atoms with E-state index >= 15 is 0 Å². The number of rotatable bonds is 6. The number of ketones is 2. The number of allylic oxidation sites excluding steroid dienone is 2. The number of aryl methyl sites for hydroxylation is 1. The van der Waals surface area contributed by atoms with Gasteiger partial charge in [-0.15, -0.1) is 0 Å². The highest BCUT2D eigenvalue weighted by molar-refractivity contribution is 6.06. The van der Waals surface area contributed by atoms with Gasteiger partial charge in [-0.2, -0.15) is 0 Å². The number of carbonyl (C=O) groups excluding carboxylic acids is 2. The molecule has 0 saturated heterocycles. The molecule has 0 radical (unpaired) electrons. The Hall–Kier alpha value is -2.95. The van der Waals surface area contributed by atoms with Crippen LogP contribution in [0, 0.1) is 28.6 Å². The number of aromatic nitrogens is 2. The van der Waals surface area contributed by atoms with Crippen molar-refractivity contribution < 1.29 is 14.3 Å². The summed E-state index contributed by atoms with van der Waals surface area (Å²) in [7, 11) is 0. The summed E-state index contributed by atoms with van der Waals surface area (Å²) >= 11 is 0. The third-order valence-corrected chi connectivity index (χ3v) is 10.2. The number of imidazole rings is 1. The topological polar surface area (TPSA) is 61.2 Å². The molecule has 5 nitrogen and oxygen atoms in total. The monoisotopic (exact) mass is 498 g/mol. The van der Waals surface area contributed by atoms with Crippen LogP contribution in [-0.2, 0) is 16.1 Å². The van der Waals surface area contributed by atoms with Gasteiger partial charge in [0, 0.05) is 30.8 Å². The fourth-order valence-electron chi connectivity index (χ4n) is 8.08. The second-order valence-corrected chi connectivity index (χ2v) is 12.2. The van der Waals surface area contributed by atoms with Crippen molar-refractivity contribution in [2.45, 2.75) is 71.8 Å². The predicted molar refractivity (Wildman–Crippen MR) is 144 cm³/mol. The molecule has 3 fully saturated rings. The summed E-state index contributed by atoms with van der Waals surface area (Å²) in [5.74, 6) is 3.11. The maximum atomic E-state index is 13.7. The number of benzene rings is 1. The highest BCUT2D eigenvalue weighted by Crippen LogP contribution is 2.65. The largest absolute Gasteiger partial charge is 0.494 e. The maximum Gasteiger partial charge on any atom is 0.165 e. The van der Waals surface area contributed by atoms with Gasteiger partial charge < -0.3 is 9.30 Å². The van der Waals surface area contributed by atoms with Crippen LogP contribution >= 0.6 is 0 Å². The normalized spacial score (nSPS) is 34.1. The van der Waals surface area contributed by atoms with Crippen LogP contribution in [0.15, 0.2) is 60.2 Å². The Bertz CT molecular complexity index is 1240. The Morgan fingerprint density at radius 3 is 2.68 bits per heavy atom. The van der Waals surface area contributed by atoms with Crippen LogP contribution in [0.2, 0.25) is 0 Å². The smallest absolute Gasteiger partial charge is 0.165 e. The molecular formula is C32H38N2O3. The second-order valence-electron chi connectivity index (χ2n) is 12.2. The molecule has 0 aliphatic heterocycles. The summed E-state index contributed by atoms with van der Waals surface area (Å²) in [5.41, 5.74) is 3.35. The standard InChI is InChI=1S/C32H38N2O3/c1-31-12-10-25(35)20-24(31)6-9-27-28(31)11-13-32(2)29(27)19-23(30(32)36)18-22-4-7-26(8-5-22)37-17-3-15-34-16-14-33-21-34/h4-5,7-8,14,16,18,20-21,27-29H,3,6,9-13,15,17,19H2,1-2H3/b23-18+/t27-,28+,29+,31+,32+/m1/s1. The van der Waals surface area contributed by atoms with Crippen molar-refractivity contribution in [2.24, 2.45) is 28.6 Å². The van der Waals surface area contributed by atoms with Gasteiger partial charge >= 0.3 is 0 Å². The number of carbonyl (C=O) groups is 2. The van der Waals surface area contributed by atoms with Crippen LogP contribution in [0.5, 0.6) is 5.75 Å². The number of ether oxygens (including phenoxy) is 1.